The highest BCUT2D eigenvalue weighted by Crippen LogP contribution is 2.34. The van der Waals surface area contributed by atoms with Gasteiger partial charge >= 0.3 is 0 Å². The normalized spacial score (nSPS) is 18.9. The molecule has 11 heteroatoms. The molecule has 8 nitrogen and oxygen atoms in total. The number of thioether (sulfide) groups is 1. The molecule has 0 aliphatic carbocycles. The van der Waals surface area contributed by atoms with Crippen molar-refractivity contribution in [3.05, 3.63) is 17.8 Å². The van der Waals surface area contributed by atoms with Crippen LogP contribution in [0.5, 0.6) is 0 Å². The quantitative estimate of drug-likeness (QED) is 0.738. The van der Waals surface area contributed by atoms with Gasteiger partial charge in [-0.3, -0.25) is 0 Å². The van der Waals surface area contributed by atoms with Gasteiger partial charge in [0.1, 0.15) is 11.7 Å². The largest absolute Gasteiger partial charge is 0.384 e. The van der Waals surface area contributed by atoms with Gasteiger partial charge in [-0.05, 0) is 6.07 Å². The van der Waals surface area contributed by atoms with E-state index in [2.05, 4.69) is 34.0 Å². The fraction of sp³-hybridized carbons (Fsp3) is 0.529. The van der Waals surface area contributed by atoms with Gasteiger partial charge in [0.2, 0.25) is 11.9 Å². The van der Waals surface area contributed by atoms with Crippen molar-refractivity contribution in [3.63, 3.8) is 0 Å². The molecule has 2 saturated heterocycles. The average molecular weight is 423 g/mol. The molecular weight excluding hydrogens is 400 g/mol. The zero-order chi connectivity index (χ0) is 19.5. The van der Waals surface area contributed by atoms with E-state index in [0.29, 0.717) is 55.2 Å². The molecule has 150 valence electrons. The third-order valence-corrected chi connectivity index (χ3v) is 6.00. The maximum Gasteiger partial charge on any atom is 0.230 e. The third-order valence-electron chi connectivity index (χ3n) is 4.69. The lowest BCUT2D eigenvalue weighted by molar-refractivity contribution is 0.122. The highest BCUT2D eigenvalue weighted by molar-refractivity contribution is 7.99. The molecule has 0 bridgehead atoms. The van der Waals surface area contributed by atoms with Crippen molar-refractivity contribution in [1.82, 2.24) is 19.9 Å². The number of morpholine rings is 1. The number of nitrogen functional groups attached to an aromatic ring is 1. The molecule has 2 aliphatic heterocycles. The Morgan fingerprint density at radius 1 is 1.07 bits per heavy atom. The van der Waals surface area contributed by atoms with E-state index < -0.39 is 5.91 Å². The second kappa shape index (κ2) is 8.71. The number of rotatable bonds is 4. The van der Waals surface area contributed by atoms with Crippen LogP contribution in [0.3, 0.4) is 0 Å². The van der Waals surface area contributed by atoms with E-state index in [9.17, 15) is 4.39 Å². The Morgan fingerprint density at radius 3 is 2.36 bits per heavy atom. The SMILES string of the molecule is Nc1cc(C(F)P)c(-c2nc(N3CCOCC3)nc(N3CCSCC3)n2)cn1. The second-order valence-corrected chi connectivity index (χ2v) is 8.37. The zero-order valence-electron chi connectivity index (χ0n) is 15.4. The van der Waals surface area contributed by atoms with E-state index >= 15 is 0 Å². The standard InChI is InChI=1S/C17H23FN7OPS/c18-14(27)11-9-13(19)20-10-12(11)15-21-16(24-1-5-26-6-2-24)23-17(22-15)25-3-7-28-8-4-25/h9-10,14H,1-8,27H2,(H2,19,20). The first kappa shape index (κ1) is 19.5. The summed E-state index contributed by atoms with van der Waals surface area (Å²) in [6.07, 6.45) is 1.54. The van der Waals surface area contributed by atoms with Crippen LogP contribution < -0.4 is 15.5 Å². The van der Waals surface area contributed by atoms with Crippen molar-refractivity contribution in [2.45, 2.75) is 5.91 Å². The Hall–Kier alpha value is -1.77. The van der Waals surface area contributed by atoms with Gasteiger partial charge in [-0.2, -0.15) is 26.7 Å². The Bertz CT molecular complexity index is 795. The maximum atomic E-state index is 14.2. The van der Waals surface area contributed by atoms with E-state index in [4.69, 9.17) is 15.5 Å². The first-order valence-corrected chi connectivity index (χ1v) is 11.0. The molecule has 2 fully saturated rings. The van der Waals surface area contributed by atoms with Crippen LogP contribution >= 0.6 is 21.0 Å². The summed E-state index contributed by atoms with van der Waals surface area (Å²) in [6, 6.07) is 1.53. The fourth-order valence-electron chi connectivity index (χ4n) is 3.19. The number of halogens is 1. The predicted molar refractivity (Wildman–Crippen MR) is 114 cm³/mol. The lowest BCUT2D eigenvalue weighted by Crippen LogP contribution is -2.39. The number of ether oxygens (including phenoxy) is 1. The highest BCUT2D eigenvalue weighted by atomic mass is 32.2. The number of nitrogens with two attached hydrogens (primary N) is 1. The van der Waals surface area contributed by atoms with Crippen molar-refractivity contribution in [3.8, 4) is 11.4 Å². The van der Waals surface area contributed by atoms with Crippen LogP contribution in [0.2, 0.25) is 0 Å². The average Bonchev–Trinajstić information content (AvgIpc) is 2.74. The van der Waals surface area contributed by atoms with Gasteiger partial charge in [-0.25, -0.2) is 9.37 Å². The van der Waals surface area contributed by atoms with Crippen molar-refractivity contribution in [2.24, 2.45) is 0 Å². The zero-order valence-corrected chi connectivity index (χ0v) is 17.4. The summed E-state index contributed by atoms with van der Waals surface area (Å²) in [5.74, 6) is 2.65. The van der Waals surface area contributed by atoms with Gasteiger partial charge in [-0.1, -0.05) is 9.24 Å². The summed E-state index contributed by atoms with van der Waals surface area (Å²) in [7, 11) is 2.15. The molecule has 2 atom stereocenters. The molecule has 0 radical (unpaired) electrons. The summed E-state index contributed by atoms with van der Waals surface area (Å²) in [4.78, 5) is 22.4. The van der Waals surface area contributed by atoms with E-state index in [-0.39, 0.29) is 5.82 Å². The van der Waals surface area contributed by atoms with Gasteiger partial charge in [0.15, 0.2) is 5.82 Å². The molecule has 2 N–H and O–H groups in total. The molecule has 0 amide bonds. The fourth-order valence-corrected chi connectivity index (χ4v) is 4.37. The summed E-state index contributed by atoms with van der Waals surface area (Å²) >= 11 is 1.92. The summed E-state index contributed by atoms with van der Waals surface area (Å²) in [5.41, 5.74) is 6.69. The number of hydrogen-bond acceptors (Lipinski definition) is 9. The van der Waals surface area contributed by atoms with Crippen LogP contribution in [0, 0.1) is 0 Å². The van der Waals surface area contributed by atoms with Crippen LogP contribution in [0.4, 0.5) is 22.1 Å². The summed E-state index contributed by atoms with van der Waals surface area (Å²) in [6.45, 7) is 4.42. The van der Waals surface area contributed by atoms with Crippen molar-refractivity contribution in [1.29, 1.82) is 0 Å². The monoisotopic (exact) mass is 423 g/mol. The Balaban J connectivity index is 1.79. The van der Waals surface area contributed by atoms with Gasteiger partial charge < -0.3 is 20.3 Å². The molecular formula is C17H23FN7OPS. The lowest BCUT2D eigenvalue weighted by atomic mass is 10.1. The molecule has 0 spiro atoms. The van der Waals surface area contributed by atoms with Crippen LogP contribution in [0.1, 0.15) is 11.5 Å². The van der Waals surface area contributed by atoms with Gasteiger partial charge in [0.05, 0.1) is 13.2 Å². The number of anilines is 3. The number of pyridine rings is 1. The third kappa shape index (κ3) is 4.29. The van der Waals surface area contributed by atoms with Crippen molar-refractivity contribution in [2.75, 3.05) is 66.4 Å². The minimum Gasteiger partial charge on any atom is -0.384 e. The highest BCUT2D eigenvalue weighted by Gasteiger charge is 2.23. The molecule has 2 aromatic rings. The van der Waals surface area contributed by atoms with Gasteiger partial charge in [-0.15, -0.1) is 0 Å². The van der Waals surface area contributed by atoms with Crippen molar-refractivity contribution < 1.29 is 9.13 Å². The van der Waals surface area contributed by atoms with E-state index in [0.717, 1.165) is 24.6 Å². The Kier molecular flexibility index (Phi) is 6.08. The molecule has 28 heavy (non-hydrogen) atoms. The van der Waals surface area contributed by atoms with E-state index in [1.807, 2.05) is 11.8 Å². The number of alkyl halides is 1. The summed E-state index contributed by atoms with van der Waals surface area (Å²) in [5, 5.41) is 0. The smallest absolute Gasteiger partial charge is 0.230 e. The lowest BCUT2D eigenvalue weighted by Gasteiger charge is -2.30. The predicted octanol–water partition coefficient (Wildman–Crippen LogP) is 1.75. The molecule has 2 aromatic heterocycles. The van der Waals surface area contributed by atoms with E-state index in [1.165, 1.54) is 12.3 Å². The van der Waals surface area contributed by atoms with Crippen LogP contribution in [-0.2, 0) is 4.74 Å². The molecule has 2 aliphatic rings. The minimum atomic E-state index is -1.29. The number of hydrogen-bond donors (Lipinski definition) is 1. The molecule has 0 aromatic carbocycles. The van der Waals surface area contributed by atoms with Gasteiger partial charge in [0, 0.05) is 55.0 Å². The van der Waals surface area contributed by atoms with Gasteiger partial charge in [0.25, 0.3) is 0 Å². The van der Waals surface area contributed by atoms with E-state index in [1.54, 1.807) is 0 Å². The van der Waals surface area contributed by atoms with Crippen molar-refractivity contribution >= 4 is 38.7 Å². The van der Waals surface area contributed by atoms with Crippen LogP contribution in [0.15, 0.2) is 12.3 Å². The van der Waals surface area contributed by atoms with Crippen LogP contribution in [-0.4, -0.2) is 70.8 Å². The Labute approximate surface area is 169 Å². The molecule has 4 rings (SSSR count). The first-order valence-electron chi connectivity index (χ1n) is 9.19. The Morgan fingerprint density at radius 2 is 1.71 bits per heavy atom. The summed E-state index contributed by atoms with van der Waals surface area (Å²) < 4.78 is 19.7. The maximum absolute atomic E-state index is 14.2. The number of aromatic nitrogens is 4. The van der Waals surface area contributed by atoms with Crippen LogP contribution in [0.25, 0.3) is 11.4 Å². The second-order valence-electron chi connectivity index (χ2n) is 6.56. The minimum absolute atomic E-state index is 0.264. The molecule has 0 saturated carbocycles. The molecule has 2 unspecified atom stereocenters. The number of nitrogens with zero attached hydrogens (tertiary/aromatic N) is 6. The first-order chi connectivity index (χ1) is 13.6. The topological polar surface area (TPSA) is 93.3 Å². The molecule has 4 heterocycles.